The summed E-state index contributed by atoms with van der Waals surface area (Å²) >= 11 is 0. The highest BCUT2D eigenvalue weighted by atomic mass is 16.2. The normalized spacial score (nSPS) is 24.0. The molecule has 0 radical (unpaired) electrons. The van der Waals surface area contributed by atoms with Crippen LogP contribution in [0.1, 0.15) is 31.2 Å². The third-order valence-corrected chi connectivity index (χ3v) is 6.79. The van der Waals surface area contributed by atoms with Crippen LogP contribution in [-0.2, 0) is 16.0 Å². The predicted molar refractivity (Wildman–Crippen MR) is 108 cm³/mol. The summed E-state index contributed by atoms with van der Waals surface area (Å²) in [5.41, 5.74) is 0.536. The first-order valence-corrected chi connectivity index (χ1v) is 10.2. The average Bonchev–Trinajstić information content (AvgIpc) is 3.00. The molecule has 4 heterocycles. The van der Waals surface area contributed by atoms with Crippen molar-refractivity contribution in [2.45, 2.75) is 38.1 Å². The monoisotopic (exact) mass is 392 g/mol. The summed E-state index contributed by atoms with van der Waals surface area (Å²) in [6, 6.07) is 9.12. The van der Waals surface area contributed by atoms with E-state index in [0.29, 0.717) is 0 Å². The molecule has 3 aliphatic rings. The lowest BCUT2D eigenvalue weighted by molar-refractivity contribution is -0.159. The zero-order chi connectivity index (χ0) is 20.3. The van der Waals surface area contributed by atoms with Gasteiger partial charge >= 0.3 is 6.03 Å². The number of nitrogens with zero attached hydrogens (tertiary/aromatic N) is 4. The molecule has 0 unspecified atom stereocenters. The Hall–Kier alpha value is -2.96. The first kappa shape index (κ1) is 18.1. The van der Waals surface area contributed by atoms with Crippen molar-refractivity contribution >= 4 is 34.6 Å². The second-order valence-corrected chi connectivity index (χ2v) is 8.38. The molecule has 1 atom stereocenters. The molecule has 4 amide bonds. The average molecular weight is 392 g/mol. The SMILES string of the molecule is CN1C(=O)N(C)C(=O)C2(Cc3cc4ccccc4nc3N3CCCCC[C@@H]32)C1=O. The summed E-state index contributed by atoms with van der Waals surface area (Å²) in [6.45, 7) is 0.757. The predicted octanol–water partition coefficient (Wildman–Crippen LogP) is 2.58. The Morgan fingerprint density at radius 2 is 1.72 bits per heavy atom. The fourth-order valence-corrected chi connectivity index (χ4v) is 5.35. The number of anilines is 1. The number of rotatable bonds is 0. The van der Waals surface area contributed by atoms with E-state index in [1.807, 2.05) is 24.3 Å². The highest BCUT2D eigenvalue weighted by Crippen LogP contribution is 2.48. The Labute approximate surface area is 169 Å². The lowest BCUT2D eigenvalue weighted by Gasteiger charge is -2.52. The van der Waals surface area contributed by atoms with E-state index >= 15 is 0 Å². The molecule has 1 spiro atoms. The highest BCUT2D eigenvalue weighted by Gasteiger charge is 2.63. The molecule has 2 saturated heterocycles. The number of benzene rings is 1. The molecule has 5 rings (SSSR count). The van der Waals surface area contributed by atoms with Crippen LogP contribution in [0.25, 0.3) is 10.9 Å². The molecular formula is C22H24N4O3. The zero-order valence-electron chi connectivity index (χ0n) is 16.7. The molecule has 29 heavy (non-hydrogen) atoms. The molecule has 0 bridgehead atoms. The number of para-hydroxylation sites is 1. The Kier molecular flexibility index (Phi) is 3.91. The van der Waals surface area contributed by atoms with E-state index in [1.165, 1.54) is 14.1 Å². The standard InChI is InChI=1S/C22H24N4O3/c1-24-19(27)22(20(28)25(2)21(24)29)13-15-12-14-8-5-6-9-16(14)23-18(15)26-11-7-3-4-10-17(22)26/h5-6,8-9,12,17H,3-4,7,10-11,13H2,1-2H3/t17-/m1/s1. The Balaban J connectivity index is 1.75. The second kappa shape index (κ2) is 6.27. The number of hydrogen-bond acceptors (Lipinski definition) is 5. The second-order valence-electron chi connectivity index (χ2n) is 8.38. The van der Waals surface area contributed by atoms with Crippen LogP contribution >= 0.6 is 0 Å². The molecule has 2 aromatic rings. The van der Waals surface area contributed by atoms with Gasteiger partial charge in [-0.25, -0.2) is 9.78 Å². The van der Waals surface area contributed by atoms with Crippen LogP contribution < -0.4 is 4.90 Å². The Morgan fingerprint density at radius 3 is 2.48 bits per heavy atom. The van der Waals surface area contributed by atoms with Crippen molar-refractivity contribution in [3.05, 3.63) is 35.9 Å². The van der Waals surface area contributed by atoms with Gasteiger partial charge in [-0.3, -0.25) is 19.4 Å². The van der Waals surface area contributed by atoms with Crippen LogP contribution in [0.2, 0.25) is 0 Å². The van der Waals surface area contributed by atoms with Crippen LogP contribution in [0.5, 0.6) is 0 Å². The topological polar surface area (TPSA) is 73.8 Å². The molecule has 7 nitrogen and oxygen atoms in total. The molecule has 0 N–H and O–H groups in total. The smallest absolute Gasteiger partial charge is 0.332 e. The number of fused-ring (bicyclic) bond motifs is 5. The molecule has 1 aromatic heterocycles. The first-order chi connectivity index (χ1) is 13.9. The quantitative estimate of drug-likeness (QED) is 0.645. The van der Waals surface area contributed by atoms with E-state index in [4.69, 9.17) is 4.98 Å². The minimum atomic E-state index is -1.28. The summed E-state index contributed by atoms with van der Waals surface area (Å²) in [5.74, 6) is 0.103. The minimum Gasteiger partial charge on any atom is -0.352 e. The number of urea groups is 1. The van der Waals surface area contributed by atoms with E-state index in [0.717, 1.165) is 64.3 Å². The van der Waals surface area contributed by atoms with Gasteiger partial charge in [0.25, 0.3) is 0 Å². The van der Waals surface area contributed by atoms with Crippen molar-refractivity contribution in [1.82, 2.24) is 14.8 Å². The van der Waals surface area contributed by atoms with Crippen LogP contribution in [-0.4, -0.2) is 59.3 Å². The van der Waals surface area contributed by atoms with E-state index in [2.05, 4.69) is 11.0 Å². The summed E-state index contributed by atoms with van der Waals surface area (Å²) in [4.78, 5) is 48.8. The number of carbonyl (C=O) groups is 3. The Morgan fingerprint density at radius 1 is 1.00 bits per heavy atom. The van der Waals surface area contributed by atoms with Gasteiger partial charge in [0.2, 0.25) is 11.8 Å². The van der Waals surface area contributed by atoms with Gasteiger partial charge in [0.1, 0.15) is 5.82 Å². The van der Waals surface area contributed by atoms with Gasteiger partial charge in [0.15, 0.2) is 5.41 Å². The lowest BCUT2D eigenvalue weighted by Crippen LogP contribution is -2.71. The van der Waals surface area contributed by atoms with Crippen molar-refractivity contribution in [3.8, 4) is 0 Å². The maximum atomic E-state index is 13.5. The largest absolute Gasteiger partial charge is 0.352 e. The fraction of sp³-hybridized carbons (Fsp3) is 0.455. The first-order valence-electron chi connectivity index (χ1n) is 10.2. The highest BCUT2D eigenvalue weighted by molar-refractivity contribution is 6.20. The van der Waals surface area contributed by atoms with Crippen molar-refractivity contribution in [1.29, 1.82) is 0 Å². The molecule has 2 fully saturated rings. The summed E-state index contributed by atoms with van der Waals surface area (Å²) in [7, 11) is 2.95. The van der Waals surface area contributed by atoms with Gasteiger partial charge in [-0.15, -0.1) is 0 Å². The van der Waals surface area contributed by atoms with Crippen molar-refractivity contribution in [2.24, 2.45) is 5.41 Å². The van der Waals surface area contributed by atoms with Gasteiger partial charge in [0.05, 0.1) is 11.6 Å². The molecule has 7 heteroatoms. The maximum Gasteiger partial charge on any atom is 0.332 e. The van der Waals surface area contributed by atoms with Crippen molar-refractivity contribution < 1.29 is 14.4 Å². The summed E-state index contributed by atoms with van der Waals surface area (Å²) in [5, 5.41) is 0.989. The maximum absolute atomic E-state index is 13.5. The summed E-state index contributed by atoms with van der Waals surface area (Å²) < 4.78 is 0. The molecule has 0 aliphatic carbocycles. The minimum absolute atomic E-state index is 0.279. The summed E-state index contributed by atoms with van der Waals surface area (Å²) in [6.07, 6.45) is 4.02. The Bertz CT molecular complexity index is 1030. The number of imide groups is 2. The van der Waals surface area contributed by atoms with E-state index in [1.54, 1.807) is 0 Å². The zero-order valence-corrected chi connectivity index (χ0v) is 16.7. The van der Waals surface area contributed by atoms with Gasteiger partial charge in [-0.1, -0.05) is 31.0 Å². The fourth-order valence-electron chi connectivity index (χ4n) is 5.35. The molecule has 0 saturated carbocycles. The molecule has 3 aliphatic heterocycles. The number of aromatic nitrogens is 1. The van der Waals surface area contributed by atoms with E-state index in [-0.39, 0.29) is 24.3 Å². The van der Waals surface area contributed by atoms with Crippen LogP contribution in [0.3, 0.4) is 0 Å². The number of barbiturate groups is 1. The van der Waals surface area contributed by atoms with Gasteiger partial charge in [0, 0.05) is 32.4 Å². The van der Waals surface area contributed by atoms with Crippen LogP contribution in [0, 0.1) is 5.41 Å². The number of hydrogen-bond donors (Lipinski definition) is 0. The van der Waals surface area contributed by atoms with Crippen LogP contribution in [0.4, 0.5) is 10.6 Å². The lowest BCUT2D eigenvalue weighted by atomic mass is 9.67. The number of amides is 4. The van der Waals surface area contributed by atoms with Crippen molar-refractivity contribution in [2.75, 3.05) is 25.5 Å². The van der Waals surface area contributed by atoms with Gasteiger partial charge in [-0.2, -0.15) is 0 Å². The van der Waals surface area contributed by atoms with Crippen LogP contribution in [0.15, 0.2) is 30.3 Å². The number of carbonyl (C=O) groups excluding carboxylic acids is 3. The molecule has 1 aromatic carbocycles. The third kappa shape index (κ3) is 2.36. The van der Waals surface area contributed by atoms with E-state index < -0.39 is 11.4 Å². The third-order valence-electron chi connectivity index (χ3n) is 6.79. The number of pyridine rings is 1. The van der Waals surface area contributed by atoms with E-state index in [9.17, 15) is 14.4 Å². The molecule has 150 valence electrons. The molecular weight excluding hydrogens is 368 g/mol. The van der Waals surface area contributed by atoms with Gasteiger partial charge in [-0.05, 0) is 30.5 Å². The van der Waals surface area contributed by atoms with Crippen molar-refractivity contribution in [3.63, 3.8) is 0 Å². The van der Waals surface area contributed by atoms with Gasteiger partial charge < -0.3 is 4.90 Å².